The van der Waals surface area contributed by atoms with Crippen LogP contribution < -0.4 is 0 Å². The molecule has 1 aromatic heterocycles. The van der Waals surface area contributed by atoms with Crippen molar-refractivity contribution in [2.75, 3.05) is 6.61 Å². The van der Waals surface area contributed by atoms with E-state index in [0.717, 1.165) is 35.5 Å². The summed E-state index contributed by atoms with van der Waals surface area (Å²) in [7, 11) is 0. The zero-order chi connectivity index (χ0) is 16.1. The molecule has 0 bridgehead atoms. The van der Waals surface area contributed by atoms with Gasteiger partial charge in [-0.15, -0.1) is 11.3 Å². The summed E-state index contributed by atoms with van der Waals surface area (Å²) in [5.41, 5.74) is 2.30. The Morgan fingerprint density at radius 3 is 2.71 bits per heavy atom. The van der Waals surface area contributed by atoms with Gasteiger partial charge in [-0.3, -0.25) is 4.79 Å². The van der Waals surface area contributed by atoms with Gasteiger partial charge in [-0.25, -0.2) is 4.98 Å². The third kappa shape index (κ3) is 4.97. The van der Waals surface area contributed by atoms with Crippen molar-refractivity contribution < 1.29 is 42.2 Å². The molecular weight excluding hydrogens is 395 g/mol. The zero-order valence-corrected chi connectivity index (χ0v) is 17.7. The average molecular weight is 417 g/mol. The number of esters is 1. The van der Waals surface area contributed by atoms with Gasteiger partial charge >= 0.3 is 0 Å². The van der Waals surface area contributed by atoms with Crippen molar-refractivity contribution in [3.05, 3.63) is 47.1 Å². The number of hydrogen-bond acceptors (Lipinski definition) is 4. The van der Waals surface area contributed by atoms with Gasteiger partial charge < -0.3 is 11.2 Å². The summed E-state index contributed by atoms with van der Waals surface area (Å²) in [5, 5.41) is 3.26. The first-order chi connectivity index (χ1) is 11.2. The van der Waals surface area contributed by atoms with Gasteiger partial charge in [-0.2, -0.15) is 6.92 Å². The first kappa shape index (κ1) is 19.7. The van der Waals surface area contributed by atoms with E-state index in [1.165, 1.54) is 6.42 Å². The van der Waals surface area contributed by atoms with Crippen LogP contribution in [0.25, 0.3) is 11.3 Å². The van der Waals surface area contributed by atoms with Crippen molar-refractivity contribution in [3.8, 4) is 11.3 Å². The molecule has 0 saturated heterocycles. The van der Waals surface area contributed by atoms with E-state index in [0.29, 0.717) is 13.0 Å². The van der Waals surface area contributed by atoms with Crippen molar-refractivity contribution in [1.82, 2.24) is 4.98 Å². The Hall–Kier alpha value is -0.576. The van der Waals surface area contributed by atoms with Gasteiger partial charge in [0, 0.05) is 55.5 Å². The predicted octanol–water partition coefficient (Wildman–Crippen LogP) is 4.68. The van der Waals surface area contributed by atoms with Gasteiger partial charge in [0.1, 0.15) is 0 Å². The monoisotopic (exact) mass is 417 g/mol. The Labute approximate surface area is 173 Å². The summed E-state index contributed by atoms with van der Waals surface area (Å²) >= 11 is 1.71. The van der Waals surface area contributed by atoms with Crippen LogP contribution in [-0.4, -0.2) is 17.6 Å². The van der Waals surface area contributed by atoms with E-state index in [1.807, 2.05) is 31.5 Å². The van der Waals surface area contributed by atoms with E-state index in [4.69, 9.17) is 9.72 Å². The second-order valence-corrected chi connectivity index (χ2v) is 7.24. The summed E-state index contributed by atoms with van der Waals surface area (Å²) in [4.78, 5) is 16.4. The Balaban J connectivity index is 0.00000208. The number of aromatic nitrogens is 1. The molecule has 3 rings (SSSR count). The molecule has 3 nitrogen and oxygen atoms in total. The minimum absolute atomic E-state index is 0. The number of carbonyl (C=O) groups is 1. The van der Waals surface area contributed by atoms with Crippen molar-refractivity contribution in [1.29, 1.82) is 0 Å². The minimum atomic E-state index is -0.122. The minimum Gasteiger partial charge on any atom is -0.467 e. The number of ether oxygens (including phenoxy) is 1. The summed E-state index contributed by atoms with van der Waals surface area (Å²) < 4.78 is 5.46. The molecule has 0 spiro atoms. The molecule has 1 aromatic carbocycles. The molecule has 5 heteroatoms. The van der Waals surface area contributed by atoms with Crippen molar-refractivity contribution in [2.24, 2.45) is 5.41 Å². The molecule has 0 unspecified atom stereocenters. The van der Waals surface area contributed by atoms with Crippen molar-refractivity contribution >= 4 is 17.3 Å². The van der Waals surface area contributed by atoms with E-state index in [1.54, 1.807) is 11.3 Å². The molecule has 1 fully saturated rings. The largest absolute Gasteiger partial charge is 0.467 e. The molecule has 0 atom stereocenters. The van der Waals surface area contributed by atoms with E-state index in [-0.39, 0.29) is 44.1 Å². The first-order valence-corrected chi connectivity index (χ1v) is 9.02. The normalized spacial score (nSPS) is 15.2. The number of hydrogen-bond donors (Lipinski definition) is 0. The second kappa shape index (κ2) is 9.21. The summed E-state index contributed by atoms with van der Waals surface area (Å²) in [6, 6.07) is 10.3. The third-order valence-corrected chi connectivity index (χ3v) is 5.32. The van der Waals surface area contributed by atoms with Crippen LogP contribution in [-0.2, 0) is 48.7 Å². The maximum absolute atomic E-state index is 11.6. The zero-order valence-electron chi connectivity index (χ0n) is 14.0. The number of benzene rings is 1. The van der Waals surface area contributed by atoms with Gasteiger partial charge in [-0.05, 0) is 12.8 Å². The molecule has 1 saturated carbocycles. The fraction of sp³-hybridized carbons (Fsp3) is 0.421. The van der Waals surface area contributed by atoms with Gasteiger partial charge in [0.15, 0.2) is 0 Å². The van der Waals surface area contributed by atoms with Crippen LogP contribution in [0.2, 0.25) is 0 Å². The van der Waals surface area contributed by atoms with Crippen LogP contribution in [0.4, 0.5) is 0 Å². The van der Waals surface area contributed by atoms with Crippen LogP contribution in [0, 0.1) is 11.8 Å². The molecule has 1 aliphatic carbocycles. The van der Waals surface area contributed by atoms with Crippen LogP contribution in [0.5, 0.6) is 0 Å². The molecule has 0 N–H and O–H groups in total. The standard InChI is InChI=1S/C19H22NO2S.Y/c1-2-7-18(21)22-14-19(10-6-11-19)12-17-20-16(13-23-17)15-8-4-3-5-9-15;/h2-5,8-9,13H,6-7,10-12,14H2,1H3;/q-1;. The van der Waals surface area contributed by atoms with E-state index < -0.39 is 0 Å². The van der Waals surface area contributed by atoms with E-state index >= 15 is 0 Å². The average Bonchev–Trinajstić information content (AvgIpc) is 2.99. The van der Waals surface area contributed by atoms with Gasteiger partial charge in [-0.1, -0.05) is 43.2 Å². The second-order valence-electron chi connectivity index (χ2n) is 6.30. The summed E-state index contributed by atoms with van der Waals surface area (Å²) in [6.07, 6.45) is 6.60. The van der Waals surface area contributed by atoms with Gasteiger partial charge in [0.05, 0.1) is 17.3 Å². The fourth-order valence-corrected chi connectivity index (χ4v) is 3.94. The summed E-state index contributed by atoms with van der Waals surface area (Å²) in [5.74, 6) is -0.122. The topological polar surface area (TPSA) is 39.2 Å². The Morgan fingerprint density at radius 2 is 2.08 bits per heavy atom. The van der Waals surface area contributed by atoms with Gasteiger partial charge in [0.25, 0.3) is 5.97 Å². The molecule has 1 heterocycles. The van der Waals surface area contributed by atoms with Crippen LogP contribution in [0.3, 0.4) is 0 Å². The maximum Gasteiger partial charge on any atom is 0.275 e. The Morgan fingerprint density at radius 1 is 1.33 bits per heavy atom. The van der Waals surface area contributed by atoms with E-state index in [2.05, 4.69) is 17.5 Å². The number of carbonyl (C=O) groups excluding carboxylic acids is 1. The Bertz CT molecular complexity index is 652. The third-order valence-electron chi connectivity index (χ3n) is 4.47. The Kier molecular flexibility index (Phi) is 7.58. The predicted molar refractivity (Wildman–Crippen MR) is 93.1 cm³/mol. The number of rotatable bonds is 7. The van der Waals surface area contributed by atoms with Gasteiger partial charge in [0.2, 0.25) is 0 Å². The van der Waals surface area contributed by atoms with Crippen molar-refractivity contribution in [3.63, 3.8) is 0 Å². The van der Waals surface area contributed by atoms with Crippen LogP contribution >= 0.6 is 11.3 Å². The SMILES string of the molecule is C[CH-]CC(=O)OCC1(Cc2nc(-c3ccccc3)cs2)CCC1.[Y]. The molecule has 2 aromatic rings. The number of thiazole rings is 1. The smallest absolute Gasteiger partial charge is 0.275 e. The maximum atomic E-state index is 11.6. The molecule has 125 valence electrons. The molecule has 24 heavy (non-hydrogen) atoms. The van der Waals surface area contributed by atoms with Crippen LogP contribution in [0.1, 0.15) is 37.6 Å². The molecule has 0 aliphatic heterocycles. The molecule has 0 amide bonds. The fourth-order valence-electron chi connectivity index (χ4n) is 2.96. The number of nitrogens with zero attached hydrogens (tertiary/aromatic N) is 1. The van der Waals surface area contributed by atoms with E-state index in [9.17, 15) is 4.79 Å². The summed E-state index contributed by atoms with van der Waals surface area (Å²) in [6.45, 7) is 2.40. The van der Waals surface area contributed by atoms with Crippen LogP contribution in [0.15, 0.2) is 35.7 Å². The molecule has 1 radical (unpaired) electrons. The molecular formula is C19H22NO2SY-. The first-order valence-electron chi connectivity index (χ1n) is 8.14. The van der Waals surface area contributed by atoms with Crippen molar-refractivity contribution in [2.45, 2.75) is 39.0 Å². The molecule has 1 aliphatic rings. The quantitative estimate of drug-likeness (QED) is 0.485.